The Labute approximate surface area is 316 Å². The van der Waals surface area contributed by atoms with E-state index < -0.39 is 0 Å². The average molecular weight is 717 g/mol. The van der Waals surface area contributed by atoms with Crippen LogP contribution in [-0.2, 0) is 33.5 Å². The lowest BCUT2D eigenvalue weighted by atomic mass is 9.85. The summed E-state index contributed by atoms with van der Waals surface area (Å²) in [6, 6.07) is 41.6. The smallest absolute Gasteiger partial charge is 0.145 e. The van der Waals surface area contributed by atoms with Crippen molar-refractivity contribution < 1.29 is 19.7 Å². The van der Waals surface area contributed by atoms with Crippen molar-refractivity contribution in [3.63, 3.8) is 0 Å². The quantitative estimate of drug-likeness (QED) is 0.146. The van der Waals surface area contributed by atoms with Gasteiger partial charge >= 0.3 is 0 Å². The van der Waals surface area contributed by atoms with Gasteiger partial charge in [-0.05, 0) is 70.5 Å². The number of rotatable bonds is 9. The normalized spacial score (nSPS) is 12.5. The number of nitrogens with zero attached hydrogens (tertiary/aromatic N) is 2. The molecule has 2 aromatic heterocycles. The molecule has 274 valence electrons. The van der Waals surface area contributed by atoms with Crippen LogP contribution in [-0.4, -0.2) is 32.6 Å². The standard InChI is InChI=1S/C48H48N2O4/c1-47(2,3)33-25-31(45(51)43(27-33)49-39-19-11-7-15-35(39)36-16-8-12-20-40(36)49)29-53-23-24-54-30-32-26-34(48(4,5)6)28-44(46(32)52)50-41-21-13-9-17-37(41)38-18-10-14-22-42(38)50/h7-22,25-28,51-52H,23-24,29-30H2,1-6H3. The topological polar surface area (TPSA) is 68.8 Å². The molecule has 0 atom stereocenters. The molecule has 0 saturated heterocycles. The van der Waals surface area contributed by atoms with Gasteiger partial charge in [-0.15, -0.1) is 0 Å². The van der Waals surface area contributed by atoms with E-state index in [0.717, 1.165) is 77.2 Å². The van der Waals surface area contributed by atoms with E-state index in [1.54, 1.807) is 0 Å². The molecule has 0 aliphatic carbocycles. The zero-order chi connectivity index (χ0) is 37.8. The second-order valence-electron chi connectivity index (χ2n) is 16.4. The van der Waals surface area contributed by atoms with Gasteiger partial charge < -0.3 is 28.8 Å². The number of phenolic OH excluding ortho intramolecular Hbond substituents is 2. The molecule has 0 amide bonds. The van der Waals surface area contributed by atoms with Crippen LogP contribution < -0.4 is 0 Å². The number of phenols is 2. The number of aromatic nitrogens is 2. The first kappa shape index (κ1) is 35.5. The van der Waals surface area contributed by atoms with Crippen LogP contribution in [0.25, 0.3) is 55.0 Å². The van der Waals surface area contributed by atoms with Crippen LogP contribution in [0.4, 0.5) is 0 Å². The SMILES string of the molecule is CC(C)(C)c1cc(COCCOCc2cc(C(C)(C)C)cc(-n3c4ccccc4c4ccccc43)c2O)c(O)c(-n2c3ccccc3c3ccccc32)c1. The highest BCUT2D eigenvalue weighted by Gasteiger charge is 2.24. The molecule has 2 heterocycles. The van der Waals surface area contributed by atoms with E-state index in [1.807, 2.05) is 24.3 Å². The lowest BCUT2D eigenvalue weighted by molar-refractivity contribution is 0.0327. The molecule has 8 rings (SSSR count). The van der Waals surface area contributed by atoms with Gasteiger partial charge in [-0.3, -0.25) is 0 Å². The Morgan fingerprint density at radius 2 is 0.741 bits per heavy atom. The maximum atomic E-state index is 11.8. The second-order valence-corrected chi connectivity index (χ2v) is 16.4. The zero-order valence-corrected chi connectivity index (χ0v) is 32.0. The van der Waals surface area contributed by atoms with Crippen LogP contribution in [0.15, 0.2) is 121 Å². The van der Waals surface area contributed by atoms with E-state index in [1.165, 1.54) is 0 Å². The van der Waals surface area contributed by atoms with Crippen molar-refractivity contribution in [3.8, 4) is 22.9 Å². The Balaban J connectivity index is 1.04. The van der Waals surface area contributed by atoms with E-state index in [-0.39, 0.29) is 35.5 Å². The van der Waals surface area contributed by atoms with E-state index in [0.29, 0.717) is 13.2 Å². The summed E-state index contributed by atoms with van der Waals surface area (Å²) < 4.78 is 16.7. The third kappa shape index (κ3) is 6.29. The first-order chi connectivity index (χ1) is 25.9. The summed E-state index contributed by atoms with van der Waals surface area (Å²) in [5.41, 5.74) is 9.02. The summed E-state index contributed by atoms with van der Waals surface area (Å²) in [4.78, 5) is 0. The van der Waals surface area contributed by atoms with Gasteiger partial charge in [-0.1, -0.05) is 114 Å². The third-order valence-electron chi connectivity index (χ3n) is 10.6. The number of benzene rings is 6. The Kier molecular flexibility index (Phi) is 8.99. The number of hydrogen-bond donors (Lipinski definition) is 2. The van der Waals surface area contributed by atoms with Crippen molar-refractivity contribution >= 4 is 43.6 Å². The predicted octanol–water partition coefficient (Wildman–Crippen LogP) is 11.6. The number of ether oxygens (including phenoxy) is 2. The summed E-state index contributed by atoms with van der Waals surface area (Å²) in [5.74, 6) is 0.411. The molecule has 0 fully saturated rings. The van der Waals surface area contributed by atoms with Crippen LogP contribution >= 0.6 is 0 Å². The number of aromatic hydroxyl groups is 2. The molecule has 2 N–H and O–H groups in total. The summed E-state index contributed by atoms with van der Waals surface area (Å²) >= 11 is 0. The number of fused-ring (bicyclic) bond motifs is 6. The van der Waals surface area contributed by atoms with E-state index in [2.05, 4.69) is 148 Å². The highest BCUT2D eigenvalue weighted by atomic mass is 16.5. The highest BCUT2D eigenvalue weighted by Crippen LogP contribution is 2.41. The van der Waals surface area contributed by atoms with Gasteiger partial charge in [-0.2, -0.15) is 0 Å². The van der Waals surface area contributed by atoms with Gasteiger partial charge in [-0.25, -0.2) is 0 Å². The molecule has 0 aliphatic rings. The van der Waals surface area contributed by atoms with Crippen molar-refractivity contribution in [3.05, 3.63) is 144 Å². The van der Waals surface area contributed by atoms with Crippen molar-refractivity contribution in [1.29, 1.82) is 0 Å². The minimum atomic E-state index is -0.152. The molecular weight excluding hydrogens is 669 g/mol. The Morgan fingerprint density at radius 3 is 1.04 bits per heavy atom. The van der Waals surface area contributed by atoms with Gasteiger partial charge in [0, 0.05) is 32.7 Å². The fourth-order valence-corrected chi connectivity index (χ4v) is 7.63. The monoisotopic (exact) mass is 716 g/mol. The first-order valence-electron chi connectivity index (χ1n) is 18.8. The van der Waals surface area contributed by atoms with Crippen LogP contribution in [0.3, 0.4) is 0 Å². The van der Waals surface area contributed by atoms with Gasteiger partial charge in [0.1, 0.15) is 11.5 Å². The zero-order valence-electron chi connectivity index (χ0n) is 32.0. The Hall–Kier alpha value is -5.56. The molecule has 0 radical (unpaired) electrons. The van der Waals surface area contributed by atoms with Gasteiger partial charge in [0.25, 0.3) is 0 Å². The Bertz CT molecular complexity index is 2380. The molecule has 54 heavy (non-hydrogen) atoms. The van der Waals surface area contributed by atoms with Crippen molar-refractivity contribution in [2.75, 3.05) is 13.2 Å². The minimum Gasteiger partial charge on any atom is -0.505 e. The number of hydrogen-bond acceptors (Lipinski definition) is 4. The third-order valence-corrected chi connectivity index (χ3v) is 10.6. The largest absolute Gasteiger partial charge is 0.505 e. The van der Waals surface area contributed by atoms with Gasteiger partial charge in [0.15, 0.2) is 0 Å². The highest BCUT2D eigenvalue weighted by molar-refractivity contribution is 6.10. The number of para-hydroxylation sites is 4. The van der Waals surface area contributed by atoms with Crippen molar-refractivity contribution in [1.82, 2.24) is 9.13 Å². The van der Waals surface area contributed by atoms with E-state index in [9.17, 15) is 10.2 Å². The van der Waals surface area contributed by atoms with Gasteiger partial charge in [0.05, 0.1) is 59.9 Å². The fraction of sp³-hybridized carbons (Fsp3) is 0.250. The van der Waals surface area contributed by atoms with Crippen LogP contribution in [0.1, 0.15) is 63.8 Å². The summed E-state index contributed by atoms with van der Waals surface area (Å²) in [7, 11) is 0. The molecule has 0 saturated carbocycles. The average Bonchev–Trinajstić information content (AvgIpc) is 3.66. The molecule has 0 unspecified atom stereocenters. The van der Waals surface area contributed by atoms with Crippen LogP contribution in [0.5, 0.6) is 11.5 Å². The molecule has 6 nitrogen and oxygen atoms in total. The van der Waals surface area contributed by atoms with Gasteiger partial charge in [0.2, 0.25) is 0 Å². The van der Waals surface area contributed by atoms with E-state index in [4.69, 9.17) is 9.47 Å². The molecule has 6 heteroatoms. The molecule has 0 spiro atoms. The summed E-state index contributed by atoms with van der Waals surface area (Å²) in [5, 5.41) is 28.2. The maximum Gasteiger partial charge on any atom is 0.145 e. The minimum absolute atomic E-state index is 0.152. The summed E-state index contributed by atoms with van der Waals surface area (Å²) in [6.07, 6.45) is 0. The van der Waals surface area contributed by atoms with Crippen LogP contribution in [0.2, 0.25) is 0 Å². The molecule has 6 aromatic carbocycles. The summed E-state index contributed by atoms with van der Waals surface area (Å²) in [6.45, 7) is 14.2. The molecular formula is C48H48N2O4. The lowest BCUT2D eigenvalue weighted by Crippen LogP contribution is -2.14. The van der Waals surface area contributed by atoms with E-state index >= 15 is 0 Å². The van der Waals surface area contributed by atoms with Crippen LogP contribution in [0, 0.1) is 0 Å². The molecule has 8 aromatic rings. The first-order valence-corrected chi connectivity index (χ1v) is 18.8. The van der Waals surface area contributed by atoms with Crippen molar-refractivity contribution in [2.24, 2.45) is 0 Å². The van der Waals surface area contributed by atoms with Crippen molar-refractivity contribution in [2.45, 2.75) is 65.6 Å². The molecule has 0 aliphatic heterocycles. The lowest BCUT2D eigenvalue weighted by Gasteiger charge is -2.24. The Morgan fingerprint density at radius 1 is 0.444 bits per heavy atom. The predicted molar refractivity (Wildman–Crippen MR) is 222 cm³/mol. The fourth-order valence-electron chi connectivity index (χ4n) is 7.63. The second kappa shape index (κ2) is 13.7. The molecule has 0 bridgehead atoms. The maximum absolute atomic E-state index is 11.8.